The van der Waals surface area contributed by atoms with Gasteiger partial charge in [0.1, 0.15) is 24.2 Å². The quantitative estimate of drug-likeness (QED) is 0.610. The molecule has 0 radical (unpaired) electrons. The van der Waals surface area contributed by atoms with Crippen LogP contribution in [0.15, 0.2) is 45.3 Å². The van der Waals surface area contributed by atoms with Crippen molar-refractivity contribution in [1.29, 1.82) is 0 Å². The first-order valence-corrected chi connectivity index (χ1v) is 10.7. The zero-order valence-corrected chi connectivity index (χ0v) is 17.9. The summed E-state index contributed by atoms with van der Waals surface area (Å²) in [7, 11) is 1.37. The molecule has 3 atom stereocenters. The van der Waals surface area contributed by atoms with E-state index in [1.54, 1.807) is 17.0 Å². The molecule has 0 bridgehead atoms. The fourth-order valence-corrected chi connectivity index (χ4v) is 4.89. The molecule has 2 fully saturated rings. The molecule has 1 aromatic heterocycles. The zero-order chi connectivity index (χ0) is 20.4. The summed E-state index contributed by atoms with van der Waals surface area (Å²) in [5.74, 6) is 1.26. The largest absolute Gasteiger partial charge is 0.486 e. The summed E-state index contributed by atoms with van der Waals surface area (Å²) in [5, 5.41) is 0. The number of furan rings is 1. The first kappa shape index (κ1) is 20.0. The molecule has 1 amide bonds. The van der Waals surface area contributed by atoms with Crippen LogP contribution in [0.4, 0.5) is 0 Å². The van der Waals surface area contributed by atoms with Gasteiger partial charge in [-0.15, -0.1) is 0 Å². The Labute approximate surface area is 178 Å². The molecule has 2 aromatic rings. The third-order valence-corrected chi connectivity index (χ3v) is 6.34. The van der Waals surface area contributed by atoms with Crippen LogP contribution in [0.1, 0.15) is 48.4 Å². The molecule has 3 unspecified atom stereocenters. The highest BCUT2D eigenvalue weighted by molar-refractivity contribution is 9.10. The molecule has 7 heteroatoms. The van der Waals surface area contributed by atoms with Crippen LogP contribution in [-0.4, -0.2) is 36.0 Å². The molecule has 2 heterocycles. The average Bonchev–Trinajstić information content (AvgIpc) is 3.36. The lowest BCUT2D eigenvalue weighted by molar-refractivity contribution is -0.145. The molecular weight excluding hydrogens is 438 g/mol. The van der Waals surface area contributed by atoms with Crippen LogP contribution in [0.25, 0.3) is 0 Å². The lowest BCUT2D eigenvalue weighted by Gasteiger charge is -2.32. The van der Waals surface area contributed by atoms with E-state index < -0.39 is 6.04 Å². The van der Waals surface area contributed by atoms with Crippen molar-refractivity contribution in [3.63, 3.8) is 0 Å². The van der Waals surface area contributed by atoms with Crippen molar-refractivity contribution in [3.8, 4) is 5.75 Å². The lowest BCUT2D eigenvalue weighted by Crippen LogP contribution is -2.46. The first-order chi connectivity index (χ1) is 14.1. The molecule has 1 aromatic carbocycles. The van der Waals surface area contributed by atoms with Gasteiger partial charge in [-0.3, -0.25) is 4.79 Å². The van der Waals surface area contributed by atoms with Gasteiger partial charge in [-0.2, -0.15) is 0 Å². The van der Waals surface area contributed by atoms with Crippen LogP contribution in [0.2, 0.25) is 0 Å². The number of esters is 1. The third-order valence-electron chi connectivity index (χ3n) is 5.85. The number of ether oxygens (including phenoxy) is 2. The predicted octanol–water partition coefficient (Wildman–Crippen LogP) is 4.57. The molecule has 1 aliphatic heterocycles. The molecule has 1 saturated heterocycles. The monoisotopic (exact) mass is 461 g/mol. The number of hydrogen-bond donors (Lipinski definition) is 0. The second-order valence-electron chi connectivity index (χ2n) is 7.61. The molecule has 29 heavy (non-hydrogen) atoms. The Morgan fingerprint density at radius 2 is 2.03 bits per heavy atom. The van der Waals surface area contributed by atoms with E-state index in [-0.39, 0.29) is 30.3 Å². The number of fused-ring (bicyclic) bond motifs is 1. The highest BCUT2D eigenvalue weighted by Gasteiger charge is 2.48. The number of carbonyl (C=O) groups is 2. The lowest BCUT2D eigenvalue weighted by atomic mass is 9.84. The van der Waals surface area contributed by atoms with Crippen LogP contribution in [0, 0.1) is 5.92 Å². The molecule has 1 saturated carbocycles. The Morgan fingerprint density at radius 3 is 2.83 bits per heavy atom. The topological polar surface area (TPSA) is 69.0 Å². The average molecular weight is 462 g/mol. The first-order valence-electron chi connectivity index (χ1n) is 9.94. The van der Waals surface area contributed by atoms with Gasteiger partial charge in [-0.1, -0.05) is 34.8 Å². The van der Waals surface area contributed by atoms with Crippen molar-refractivity contribution < 1.29 is 23.5 Å². The van der Waals surface area contributed by atoms with E-state index in [1.807, 2.05) is 24.3 Å². The summed E-state index contributed by atoms with van der Waals surface area (Å²) in [5.41, 5.74) is 0. The number of benzene rings is 1. The summed E-state index contributed by atoms with van der Waals surface area (Å²) in [6.07, 6.45) is 4.86. The van der Waals surface area contributed by atoms with E-state index in [2.05, 4.69) is 15.9 Å². The van der Waals surface area contributed by atoms with Crippen molar-refractivity contribution in [2.45, 2.75) is 50.8 Å². The van der Waals surface area contributed by atoms with Crippen molar-refractivity contribution in [2.75, 3.05) is 7.11 Å². The molecule has 6 nitrogen and oxygen atoms in total. The van der Waals surface area contributed by atoms with E-state index in [0.29, 0.717) is 23.8 Å². The van der Waals surface area contributed by atoms with E-state index in [1.165, 1.54) is 7.11 Å². The van der Waals surface area contributed by atoms with Gasteiger partial charge in [-0.05, 0) is 55.5 Å². The molecule has 0 spiro atoms. The molecular formula is C22H24BrNO5. The fraction of sp³-hybridized carbons (Fsp3) is 0.455. The highest BCUT2D eigenvalue weighted by atomic mass is 79.9. The minimum Gasteiger partial charge on any atom is -0.486 e. The zero-order valence-electron chi connectivity index (χ0n) is 16.3. The maximum Gasteiger partial charge on any atom is 0.328 e. The van der Waals surface area contributed by atoms with Gasteiger partial charge in [0.2, 0.25) is 0 Å². The van der Waals surface area contributed by atoms with Gasteiger partial charge in [0.05, 0.1) is 7.11 Å². The number of amides is 1. The second kappa shape index (κ2) is 8.61. The number of rotatable bonds is 5. The Bertz CT molecular complexity index is 895. The van der Waals surface area contributed by atoms with Gasteiger partial charge in [0.25, 0.3) is 5.91 Å². The molecule has 0 N–H and O–H groups in total. The summed E-state index contributed by atoms with van der Waals surface area (Å²) in [6.45, 7) is 0.218. The second-order valence-corrected chi connectivity index (χ2v) is 8.53. The normalized spacial score (nSPS) is 23.5. The minimum absolute atomic E-state index is 0.0758. The van der Waals surface area contributed by atoms with Crippen LogP contribution in [0.3, 0.4) is 0 Å². The molecule has 2 aliphatic rings. The highest BCUT2D eigenvalue weighted by Crippen LogP contribution is 2.41. The predicted molar refractivity (Wildman–Crippen MR) is 110 cm³/mol. The maximum absolute atomic E-state index is 13.2. The number of halogens is 1. The van der Waals surface area contributed by atoms with Crippen LogP contribution >= 0.6 is 15.9 Å². The van der Waals surface area contributed by atoms with Gasteiger partial charge < -0.3 is 18.8 Å². The number of methoxy groups -OCH3 is 1. The maximum atomic E-state index is 13.2. The van der Waals surface area contributed by atoms with Gasteiger partial charge in [0.15, 0.2) is 5.76 Å². The molecule has 154 valence electrons. The Morgan fingerprint density at radius 1 is 1.21 bits per heavy atom. The smallest absolute Gasteiger partial charge is 0.328 e. The minimum atomic E-state index is -0.535. The van der Waals surface area contributed by atoms with E-state index in [9.17, 15) is 9.59 Å². The van der Waals surface area contributed by atoms with Crippen LogP contribution < -0.4 is 4.74 Å². The number of carbonyl (C=O) groups excluding carboxylic acids is 2. The Balaban J connectivity index is 1.48. The molecule has 1 aliphatic carbocycles. The molecule has 4 rings (SSSR count). The van der Waals surface area contributed by atoms with E-state index in [4.69, 9.17) is 13.9 Å². The van der Waals surface area contributed by atoms with Crippen molar-refractivity contribution in [3.05, 3.63) is 52.4 Å². The fourth-order valence-electron chi connectivity index (χ4n) is 4.51. The van der Waals surface area contributed by atoms with Crippen molar-refractivity contribution in [2.24, 2.45) is 5.92 Å². The van der Waals surface area contributed by atoms with Gasteiger partial charge in [-0.25, -0.2) is 4.79 Å². The Hall–Kier alpha value is -2.28. The summed E-state index contributed by atoms with van der Waals surface area (Å²) in [4.78, 5) is 27.3. The SMILES string of the molecule is COC(=O)C1CC2CCCCC2N1C(=O)c1ccc(COc2cccc(Br)c2)o1. The number of likely N-dealkylation sites (tertiary alicyclic amines) is 1. The van der Waals surface area contributed by atoms with Crippen molar-refractivity contribution in [1.82, 2.24) is 4.90 Å². The van der Waals surface area contributed by atoms with Gasteiger partial charge in [0, 0.05) is 10.5 Å². The Kier molecular flexibility index (Phi) is 5.94. The summed E-state index contributed by atoms with van der Waals surface area (Å²) >= 11 is 3.41. The van der Waals surface area contributed by atoms with Crippen molar-refractivity contribution >= 4 is 27.8 Å². The van der Waals surface area contributed by atoms with Gasteiger partial charge >= 0.3 is 5.97 Å². The number of nitrogens with zero attached hydrogens (tertiary/aromatic N) is 1. The van der Waals surface area contributed by atoms with E-state index in [0.717, 1.165) is 30.2 Å². The van der Waals surface area contributed by atoms with E-state index >= 15 is 0 Å². The van der Waals surface area contributed by atoms with Crippen LogP contribution in [-0.2, 0) is 16.1 Å². The summed E-state index contributed by atoms with van der Waals surface area (Å²) in [6, 6.07) is 10.5. The standard InChI is InChI=1S/C22H24BrNO5/c1-27-22(26)19-11-14-5-2-3-8-18(14)24(19)21(25)20-10-9-17(29-20)13-28-16-7-4-6-15(23)12-16/h4,6-7,9-10,12,14,18-19H,2-3,5,8,11,13H2,1H3. The third kappa shape index (κ3) is 4.20. The summed E-state index contributed by atoms with van der Waals surface area (Å²) < 4.78 is 17.4. The van der Waals surface area contributed by atoms with Crippen LogP contribution in [0.5, 0.6) is 5.75 Å². The number of hydrogen-bond acceptors (Lipinski definition) is 5.